The fourth-order valence-electron chi connectivity index (χ4n) is 2.91. The number of pyridine rings is 1. The first-order valence-electron chi connectivity index (χ1n) is 8.40. The molecule has 0 unspecified atom stereocenters. The van der Waals surface area contributed by atoms with Crippen molar-refractivity contribution < 1.29 is 4.79 Å². The average Bonchev–Trinajstić information content (AvgIpc) is 3.05. The highest BCUT2D eigenvalue weighted by molar-refractivity contribution is 7.15. The maximum atomic E-state index is 12.7. The van der Waals surface area contributed by atoms with Gasteiger partial charge < -0.3 is 0 Å². The number of carbonyl (C=O) groups is 1. The Balaban J connectivity index is 1.66. The van der Waals surface area contributed by atoms with Gasteiger partial charge >= 0.3 is 0 Å². The molecule has 1 aliphatic heterocycles. The van der Waals surface area contributed by atoms with Gasteiger partial charge in [0.2, 0.25) is 11.0 Å². The van der Waals surface area contributed by atoms with Gasteiger partial charge in [-0.05, 0) is 37.1 Å². The van der Waals surface area contributed by atoms with Crippen LogP contribution in [0.25, 0.3) is 0 Å². The lowest BCUT2D eigenvalue weighted by atomic mass is 10.0. The van der Waals surface area contributed by atoms with Gasteiger partial charge in [0.25, 0.3) is 0 Å². The van der Waals surface area contributed by atoms with Crippen LogP contribution in [0.3, 0.4) is 0 Å². The van der Waals surface area contributed by atoms with E-state index >= 15 is 0 Å². The molecule has 0 bridgehead atoms. The van der Waals surface area contributed by atoms with E-state index in [4.69, 9.17) is 0 Å². The van der Waals surface area contributed by atoms with Gasteiger partial charge in [-0.3, -0.25) is 20.0 Å². The second-order valence-electron chi connectivity index (χ2n) is 6.43. The van der Waals surface area contributed by atoms with E-state index in [1.54, 1.807) is 12.4 Å². The number of nitrogens with zero attached hydrogens (tertiary/aromatic N) is 4. The third kappa shape index (κ3) is 4.15. The van der Waals surface area contributed by atoms with Crippen LogP contribution in [0, 0.1) is 0 Å². The molecule has 128 valence electrons. The third-order valence-electron chi connectivity index (χ3n) is 4.22. The van der Waals surface area contributed by atoms with E-state index in [1.807, 2.05) is 12.1 Å². The van der Waals surface area contributed by atoms with Crippen LogP contribution in [0.5, 0.6) is 0 Å². The van der Waals surface area contributed by atoms with E-state index in [0.29, 0.717) is 11.0 Å². The number of likely N-dealkylation sites (tertiary alicyclic amines) is 1. The number of piperidine rings is 1. The first-order chi connectivity index (χ1) is 11.6. The molecule has 3 rings (SSSR count). The number of hydrogen-bond donors (Lipinski definition) is 1. The zero-order valence-corrected chi connectivity index (χ0v) is 14.9. The van der Waals surface area contributed by atoms with Gasteiger partial charge in [0.1, 0.15) is 5.01 Å². The molecule has 0 spiro atoms. The van der Waals surface area contributed by atoms with Crippen LogP contribution < -0.4 is 5.32 Å². The summed E-state index contributed by atoms with van der Waals surface area (Å²) in [4.78, 5) is 19.0. The van der Waals surface area contributed by atoms with Crippen LogP contribution in [0.15, 0.2) is 24.5 Å². The standard InChI is InChI=1S/C17H23N5OS/c1-12(2)16-20-21-17(24-16)19-15(23)14-5-3-4-10-22(14)11-13-6-8-18-9-7-13/h6-9,12,14H,3-5,10-11H2,1-2H3,(H,19,21,23)/t14-/m0/s1. The zero-order chi connectivity index (χ0) is 16.9. The zero-order valence-electron chi connectivity index (χ0n) is 14.1. The van der Waals surface area contributed by atoms with Gasteiger partial charge in [0.15, 0.2) is 0 Å². The minimum atomic E-state index is -0.113. The molecule has 1 aliphatic rings. The second-order valence-corrected chi connectivity index (χ2v) is 7.44. The lowest BCUT2D eigenvalue weighted by molar-refractivity contribution is -0.122. The summed E-state index contributed by atoms with van der Waals surface area (Å²) in [5.41, 5.74) is 1.18. The molecule has 3 heterocycles. The molecule has 2 aromatic rings. The van der Waals surface area contributed by atoms with E-state index in [1.165, 1.54) is 16.9 Å². The van der Waals surface area contributed by atoms with Crippen LogP contribution in [-0.4, -0.2) is 38.6 Å². The number of rotatable bonds is 5. The number of amides is 1. The molecule has 1 N–H and O–H groups in total. The molecule has 0 aromatic carbocycles. The van der Waals surface area contributed by atoms with Gasteiger partial charge in [-0.15, -0.1) is 10.2 Å². The summed E-state index contributed by atoms with van der Waals surface area (Å²) in [7, 11) is 0. The molecular formula is C17H23N5OS. The van der Waals surface area contributed by atoms with E-state index < -0.39 is 0 Å². The number of carbonyl (C=O) groups excluding carboxylic acids is 1. The largest absolute Gasteiger partial charge is 0.299 e. The minimum absolute atomic E-state index is 0.0233. The van der Waals surface area contributed by atoms with Crippen molar-refractivity contribution in [1.29, 1.82) is 0 Å². The van der Waals surface area contributed by atoms with Gasteiger partial charge in [-0.2, -0.15) is 0 Å². The number of hydrogen-bond acceptors (Lipinski definition) is 6. The highest BCUT2D eigenvalue weighted by Crippen LogP contribution is 2.25. The Morgan fingerprint density at radius 3 is 2.83 bits per heavy atom. The molecule has 2 aromatic heterocycles. The van der Waals surface area contributed by atoms with Crippen LogP contribution in [0.2, 0.25) is 0 Å². The van der Waals surface area contributed by atoms with Crippen molar-refractivity contribution in [3.05, 3.63) is 35.1 Å². The molecule has 0 aliphatic carbocycles. The molecule has 1 atom stereocenters. The number of nitrogens with one attached hydrogen (secondary N) is 1. The van der Waals surface area contributed by atoms with Crippen molar-refractivity contribution in [2.75, 3.05) is 11.9 Å². The van der Waals surface area contributed by atoms with Crippen LogP contribution >= 0.6 is 11.3 Å². The molecule has 1 saturated heterocycles. The van der Waals surface area contributed by atoms with Gasteiger partial charge in [0.05, 0.1) is 6.04 Å². The van der Waals surface area contributed by atoms with Crippen LogP contribution in [0.1, 0.15) is 49.6 Å². The SMILES string of the molecule is CC(C)c1nnc(NC(=O)[C@@H]2CCCCN2Cc2ccncc2)s1. The number of aromatic nitrogens is 3. The summed E-state index contributed by atoms with van der Waals surface area (Å²) < 4.78 is 0. The van der Waals surface area contributed by atoms with Gasteiger partial charge in [-0.1, -0.05) is 31.6 Å². The number of anilines is 1. The Hall–Kier alpha value is -1.86. The first-order valence-corrected chi connectivity index (χ1v) is 9.22. The van der Waals surface area contributed by atoms with Crippen molar-refractivity contribution in [2.24, 2.45) is 0 Å². The quantitative estimate of drug-likeness (QED) is 0.902. The molecular weight excluding hydrogens is 322 g/mol. The smallest absolute Gasteiger partial charge is 0.243 e. The summed E-state index contributed by atoms with van der Waals surface area (Å²) in [6.07, 6.45) is 6.68. The van der Waals surface area contributed by atoms with E-state index in [0.717, 1.165) is 37.4 Å². The Morgan fingerprint density at radius 2 is 2.12 bits per heavy atom. The molecule has 0 saturated carbocycles. The molecule has 24 heavy (non-hydrogen) atoms. The van der Waals surface area contributed by atoms with E-state index in [9.17, 15) is 4.79 Å². The predicted molar refractivity (Wildman–Crippen MR) is 94.9 cm³/mol. The maximum absolute atomic E-state index is 12.7. The Kier molecular flexibility index (Phi) is 5.52. The Labute approximate surface area is 146 Å². The lowest BCUT2D eigenvalue weighted by Crippen LogP contribution is -2.46. The normalized spacial score (nSPS) is 18.7. The van der Waals surface area contributed by atoms with Crippen LogP contribution in [0.4, 0.5) is 5.13 Å². The average molecular weight is 345 g/mol. The Bertz CT molecular complexity index is 673. The fourth-order valence-corrected chi connectivity index (χ4v) is 3.66. The maximum Gasteiger partial charge on any atom is 0.243 e. The highest BCUT2D eigenvalue weighted by Gasteiger charge is 2.29. The van der Waals surface area contributed by atoms with Gasteiger partial charge in [-0.25, -0.2) is 0 Å². The monoisotopic (exact) mass is 345 g/mol. The van der Waals surface area contributed by atoms with Crippen molar-refractivity contribution >= 4 is 22.4 Å². The predicted octanol–water partition coefficient (Wildman–Crippen LogP) is 3.05. The second kappa shape index (κ2) is 7.81. The lowest BCUT2D eigenvalue weighted by Gasteiger charge is -2.34. The molecule has 1 fully saturated rings. The van der Waals surface area contributed by atoms with E-state index in [2.05, 4.69) is 39.2 Å². The third-order valence-corrected chi connectivity index (χ3v) is 5.36. The summed E-state index contributed by atoms with van der Waals surface area (Å²) >= 11 is 1.46. The van der Waals surface area contributed by atoms with Crippen molar-refractivity contribution in [2.45, 2.75) is 51.6 Å². The first kappa shape index (κ1) is 17.0. The highest BCUT2D eigenvalue weighted by atomic mass is 32.1. The van der Waals surface area contributed by atoms with Gasteiger partial charge in [0, 0.05) is 24.9 Å². The van der Waals surface area contributed by atoms with Crippen molar-refractivity contribution in [3.8, 4) is 0 Å². The topological polar surface area (TPSA) is 71.0 Å². The molecule has 7 heteroatoms. The van der Waals surface area contributed by atoms with Crippen molar-refractivity contribution in [1.82, 2.24) is 20.1 Å². The molecule has 1 amide bonds. The van der Waals surface area contributed by atoms with Crippen molar-refractivity contribution in [3.63, 3.8) is 0 Å². The van der Waals surface area contributed by atoms with Crippen LogP contribution in [-0.2, 0) is 11.3 Å². The summed E-state index contributed by atoms with van der Waals surface area (Å²) in [5, 5.41) is 12.7. The summed E-state index contributed by atoms with van der Waals surface area (Å²) in [5.74, 6) is 0.348. The Morgan fingerprint density at radius 1 is 1.33 bits per heavy atom. The fraction of sp³-hybridized carbons (Fsp3) is 0.529. The molecule has 6 nitrogen and oxygen atoms in total. The minimum Gasteiger partial charge on any atom is -0.299 e. The summed E-state index contributed by atoms with van der Waals surface area (Å²) in [6.45, 7) is 5.86. The summed E-state index contributed by atoms with van der Waals surface area (Å²) in [6, 6.07) is 3.89. The molecule has 0 radical (unpaired) electrons. The van der Waals surface area contributed by atoms with E-state index in [-0.39, 0.29) is 11.9 Å².